The molecule has 5 rings (SSSR count). The third kappa shape index (κ3) is 4.97. The van der Waals surface area contributed by atoms with Gasteiger partial charge >= 0.3 is 5.24 Å². The number of amides is 1. The van der Waals surface area contributed by atoms with Crippen molar-refractivity contribution >= 4 is 46.2 Å². The third-order valence-electron chi connectivity index (χ3n) is 5.83. The van der Waals surface area contributed by atoms with Crippen LogP contribution in [-0.2, 0) is 0 Å². The summed E-state index contributed by atoms with van der Waals surface area (Å²) in [5.74, 6) is 2.10. The van der Waals surface area contributed by atoms with E-state index < -0.39 is 0 Å². The predicted octanol–water partition coefficient (Wildman–Crippen LogP) is 6.81. The van der Waals surface area contributed by atoms with Gasteiger partial charge in [-0.2, -0.15) is 10.1 Å². The molecule has 0 fully saturated rings. The maximum absolute atomic E-state index is 12.4. The van der Waals surface area contributed by atoms with E-state index in [4.69, 9.17) is 26.2 Å². The minimum absolute atomic E-state index is 0.128. The summed E-state index contributed by atoms with van der Waals surface area (Å²) in [6.07, 6.45) is 2.60. The summed E-state index contributed by atoms with van der Waals surface area (Å²) in [6, 6.07) is 23.1. The number of ether oxygens (including phenoxy) is 2. The highest BCUT2D eigenvalue weighted by Gasteiger charge is 2.36. The number of methoxy groups -OCH3 is 2. The average Bonchev–Trinajstić information content (AvgIpc) is 3.49. The van der Waals surface area contributed by atoms with Crippen LogP contribution in [0.5, 0.6) is 11.5 Å². The second-order valence-corrected chi connectivity index (χ2v) is 9.41. The highest BCUT2D eigenvalue weighted by Crippen LogP contribution is 2.40. The third-order valence-corrected chi connectivity index (χ3v) is 6.87. The first-order valence-electron chi connectivity index (χ1n) is 11.0. The fourth-order valence-electron chi connectivity index (χ4n) is 4.02. The van der Waals surface area contributed by atoms with E-state index in [0.29, 0.717) is 17.3 Å². The lowest BCUT2D eigenvalue weighted by Crippen LogP contribution is -2.26. The van der Waals surface area contributed by atoms with Crippen molar-refractivity contribution in [3.05, 3.63) is 99.4 Å². The first kappa shape index (κ1) is 23.2. The van der Waals surface area contributed by atoms with E-state index in [9.17, 15) is 4.79 Å². The largest absolute Gasteiger partial charge is 0.497 e. The molecular weight excluding hydrogens is 482 g/mol. The topological polar surface area (TPSA) is 63.5 Å². The number of aliphatic imine (C=N–C) groups is 1. The van der Waals surface area contributed by atoms with Gasteiger partial charge < -0.3 is 9.47 Å². The number of carbonyl (C=O) groups excluding carboxylic acids is 1. The molecule has 1 amide bonds. The van der Waals surface area contributed by atoms with Crippen molar-refractivity contribution in [1.29, 1.82) is 0 Å². The molecule has 0 spiro atoms. The maximum atomic E-state index is 12.4. The van der Waals surface area contributed by atoms with Crippen LogP contribution in [0.2, 0.25) is 5.02 Å². The number of amidine groups is 1. The number of carbonyl (C=O) groups is 1. The van der Waals surface area contributed by atoms with Crippen LogP contribution < -0.4 is 9.47 Å². The first-order chi connectivity index (χ1) is 17.0. The van der Waals surface area contributed by atoms with Crippen LogP contribution in [0.25, 0.3) is 6.08 Å². The summed E-state index contributed by atoms with van der Waals surface area (Å²) in [4.78, 5) is 17.5. The van der Waals surface area contributed by atoms with Crippen LogP contribution in [-0.4, -0.2) is 36.0 Å². The Morgan fingerprint density at radius 2 is 1.57 bits per heavy atom. The molecule has 2 aliphatic heterocycles. The Balaban J connectivity index is 1.54. The Morgan fingerprint density at radius 3 is 2.20 bits per heavy atom. The van der Waals surface area contributed by atoms with Gasteiger partial charge in [0.2, 0.25) is 0 Å². The molecule has 0 radical (unpaired) electrons. The number of benzene rings is 3. The van der Waals surface area contributed by atoms with Crippen LogP contribution in [0, 0.1) is 0 Å². The fraction of sp³-hybridized carbons (Fsp3) is 0.148. The van der Waals surface area contributed by atoms with Crippen molar-refractivity contribution in [1.82, 2.24) is 5.01 Å². The monoisotopic (exact) mass is 503 g/mol. The van der Waals surface area contributed by atoms with Gasteiger partial charge in [-0.15, -0.1) is 0 Å². The molecule has 176 valence electrons. The summed E-state index contributed by atoms with van der Waals surface area (Å²) in [7, 11) is 3.29. The van der Waals surface area contributed by atoms with Gasteiger partial charge in [0.25, 0.3) is 0 Å². The Morgan fingerprint density at radius 1 is 0.943 bits per heavy atom. The standard InChI is InChI=1S/C27H22ClN3O3S/c1-33-21-11-5-18(6-12-21)23-16-24(19-7-13-22(34-2)14-8-19)31(30-23)26-25(35-27(32)29-26)15-17-3-9-20(28)10-4-17/h3-15,24H,16H2,1-2H3/b25-15-. The van der Waals surface area contributed by atoms with Crippen LogP contribution in [0.3, 0.4) is 0 Å². The van der Waals surface area contributed by atoms with Crippen LogP contribution in [0.1, 0.15) is 29.2 Å². The van der Waals surface area contributed by atoms with Crippen molar-refractivity contribution in [3.8, 4) is 11.5 Å². The predicted molar refractivity (Wildman–Crippen MR) is 142 cm³/mol. The van der Waals surface area contributed by atoms with Gasteiger partial charge in [0.05, 0.1) is 30.9 Å². The molecule has 0 N–H and O–H groups in total. The number of nitrogens with zero attached hydrogens (tertiary/aromatic N) is 3. The van der Waals surface area contributed by atoms with Crippen LogP contribution in [0.15, 0.2) is 87.8 Å². The number of hydrogen-bond acceptors (Lipinski definition) is 6. The van der Waals surface area contributed by atoms with Gasteiger partial charge in [0.1, 0.15) is 11.5 Å². The molecule has 0 saturated heterocycles. The van der Waals surface area contributed by atoms with Gasteiger partial charge in [-0.05, 0) is 83.1 Å². The molecule has 1 unspecified atom stereocenters. The smallest absolute Gasteiger partial charge is 0.311 e. The summed E-state index contributed by atoms with van der Waals surface area (Å²) in [5.41, 5.74) is 3.88. The SMILES string of the molecule is COc1ccc(C2=NN(C3=NC(=O)S/C3=C\c3ccc(Cl)cc3)C(c3ccc(OC)cc3)C2)cc1. The number of hydrogen-bond donors (Lipinski definition) is 0. The van der Waals surface area contributed by atoms with Gasteiger partial charge in [-0.25, -0.2) is 5.01 Å². The molecule has 3 aromatic rings. The van der Waals surface area contributed by atoms with Crippen molar-refractivity contribution < 1.29 is 14.3 Å². The van der Waals surface area contributed by atoms with Gasteiger partial charge in [0, 0.05) is 11.4 Å². The second-order valence-electron chi connectivity index (χ2n) is 7.98. The quantitative estimate of drug-likeness (QED) is 0.382. The number of halogens is 1. The van der Waals surface area contributed by atoms with Gasteiger partial charge in [-0.1, -0.05) is 35.9 Å². The molecule has 0 saturated carbocycles. The van der Waals surface area contributed by atoms with E-state index in [0.717, 1.165) is 50.6 Å². The highest BCUT2D eigenvalue weighted by molar-refractivity contribution is 8.18. The van der Waals surface area contributed by atoms with Crippen molar-refractivity contribution in [2.45, 2.75) is 12.5 Å². The van der Waals surface area contributed by atoms with E-state index in [1.165, 1.54) is 0 Å². The maximum Gasteiger partial charge on any atom is 0.311 e. The lowest BCUT2D eigenvalue weighted by Gasteiger charge is -2.24. The van der Waals surface area contributed by atoms with Crippen LogP contribution in [0.4, 0.5) is 4.79 Å². The molecule has 3 aromatic carbocycles. The van der Waals surface area contributed by atoms with E-state index in [-0.39, 0.29) is 11.3 Å². The average molecular weight is 504 g/mol. The number of hydrazone groups is 1. The summed E-state index contributed by atoms with van der Waals surface area (Å²) in [5, 5.41) is 7.21. The van der Waals surface area contributed by atoms with Crippen molar-refractivity contribution in [2.24, 2.45) is 10.1 Å². The van der Waals surface area contributed by atoms with Crippen molar-refractivity contribution in [3.63, 3.8) is 0 Å². The Hall–Kier alpha value is -3.55. The molecule has 6 nitrogen and oxygen atoms in total. The molecule has 2 aliphatic rings. The summed E-state index contributed by atoms with van der Waals surface area (Å²) < 4.78 is 10.6. The minimum atomic E-state index is -0.262. The first-order valence-corrected chi connectivity index (χ1v) is 12.2. The van der Waals surface area contributed by atoms with E-state index in [2.05, 4.69) is 4.99 Å². The lowest BCUT2D eigenvalue weighted by molar-refractivity contribution is 0.267. The molecule has 35 heavy (non-hydrogen) atoms. The molecule has 2 heterocycles. The Bertz CT molecular complexity index is 1330. The van der Waals surface area contributed by atoms with E-state index >= 15 is 0 Å². The van der Waals surface area contributed by atoms with Crippen molar-refractivity contribution in [2.75, 3.05) is 14.2 Å². The zero-order valence-corrected chi connectivity index (χ0v) is 20.7. The molecule has 8 heteroatoms. The molecule has 0 aliphatic carbocycles. The summed E-state index contributed by atoms with van der Waals surface area (Å²) in [6.45, 7) is 0. The molecule has 0 aromatic heterocycles. The zero-order chi connectivity index (χ0) is 24.4. The molecule has 1 atom stereocenters. The fourth-order valence-corrected chi connectivity index (χ4v) is 4.89. The number of rotatable bonds is 5. The van der Waals surface area contributed by atoms with Gasteiger partial charge in [-0.3, -0.25) is 4.79 Å². The minimum Gasteiger partial charge on any atom is -0.497 e. The second kappa shape index (κ2) is 9.98. The van der Waals surface area contributed by atoms with Gasteiger partial charge in [0.15, 0.2) is 5.84 Å². The normalized spacial score (nSPS) is 18.6. The van der Waals surface area contributed by atoms with E-state index in [1.807, 2.05) is 83.9 Å². The zero-order valence-electron chi connectivity index (χ0n) is 19.1. The van der Waals surface area contributed by atoms with Crippen LogP contribution >= 0.6 is 23.4 Å². The van der Waals surface area contributed by atoms with E-state index in [1.54, 1.807) is 14.2 Å². The highest BCUT2D eigenvalue weighted by atomic mass is 35.5. The molecule has 0 bridgehead atoms. The Kier molecular flexibility index (Phi) is 6.61. The Labute approximate surface area is 212 Å². The lowest BCUT2D eigenvalue weighted by atomic mass is 9.98. The summed E-state index contributed by atoms with van der Waals surface area (Å²) >= 11 is 7.14. The number of thioether (sulfide) groups is 1. The molecular formula is C27H22ClN3O3S.